The second kappa shape index (κ2) is 11.1. The normalized spacial score (nSPS) is 23.0. The second-order valence-electron chi connectivity index (χ2n) is 12.9. The highest BCUT2D eigenvalue weighted by atomic mass is 16.7. The first-order chi connectivity index (χ1) is 22.3. The minimum Gasteiger partial charge on any atom is -0.633 e. The molecule has 46 heavy (non-hydrogen) atoms. The van der Waals surface area contributed by atoms with E-state index in [0.29, 0.717) is 59.6 Å². The molecule has 3 unspecified atom stereocenters. The summed E-state index contributed by atoms with van der Waals surface area (Å²) in [5.74, 6) is 5.07. The summed E-state index contributed by atoms with van der Waals surface area (Å²) in [6, 6.07) is 19.9. The van der Waals surface area contributed by atoms with Crippen molar-refractivity contribution in [2.75, 3.05) is 48.2 Å². The predicted molar refractivity (Wildman–Crippen MR) is 172 cm³/mol. The maximum atomic E-state index is 14.1. The van der Waals surface area contributed by atoms with Crippen LogP contribution in [0.5, 0.6) is 46.0 Å². The largest absolute Gasteiger partial charge is 0.633 e. The Kier molecular flexibility index (Phi) is 7.01. The summed E-state index contributed by atoms with van der Waals surface area (Å²) in [6.45, 7) is 1.48. The highest BCUT2D eigenvalue weighted by Gasteiger charge is 2.38. The molecule has 6 bridgehead atoms. The van der Waals surface area contributed by atoms with Crippen molar-refractivity contribution in [1.29, 1.82) is 0 Å². The molecule has 0 fully saturated rings. The Balaban J connectivity index is 1.37. The molecule has 3 atom stereocenters. The van der Waals surface area contributed by atoms with Gasteiger partial charge in [0.25, 0.3) is 0 Å². The van der Waals surface area contributed by atoms with Crippen LogP contribution in [-0.4, -0.2) is 57.7 Å². The number of hydrogen-bond acceptors (Lipinski definition) is 8. The van der Waals surface area contributed by atoms with Crippen molar-refractivity contribution < 1.29 is 33.1 Å². The van der Waals surface area contributed by atoms with Crippen LogP contribution in [0, 0.1) is 5.21 Å². The number of benzene rings is 4. The first-order valence-electron chi connectivity index (χ1n) is 15.9. The van der Waals surface area contributed by atoms with Crippen LogP contribution in [0.25, 0.3) is 0 Å². The summed E-state index contributed by atoms with van der Waals surface area (Å²) in [5.41, 5.74) is 6.41. The van der Waals surface area contributed by atoms with E-state index in [1.165, 1.54) is 5.56 Å². The SMILES string of the molecule is COc1ccc2cc1Oc1cccc(c1)CC1c3c(cc4c(c3Oc3cc5c(cc3OC)CC[N+](C)([O-])C5C2)OCO4)CCN1C. The van der Waals surface area contributed by atoms with Crippen molar-refractivity contribution in [3.63, 3.8) is 0 Å². The first-order valence-corrected chi connectivity index (χ1v) is 15.9. The Morgan fingerprint density at radius 3 is 2.48 bits per heavy atom. The summed E-state index contributed by atoms with van der Waals surface area (Å²) in [5, 5.41) is 14.1. The Hall–Kier alpha value is -4.44. The van der Waals surface area contributed by atoms with E-state index < -0.39 is 4.65 Å². The number of methoxy groups -OCH3 is 2. The second-order valence-corrected chi connectivity index (χ2v) is 12.9. The average Bonchev–Trinajstić information content (AvgIpc) is 3.52. The molecule has 4 heterocycles. The van der Waals surface area contributed by atoms with Gasteiger partial charge in [-0.2, -0.15) is 0 Å². The molecule has 8 rings (SSSR count). The lowest BCUT2D eigenvalue weighted by molar-refractivity contribution is -0.894. The van der Waals surface area contributed by atoms with Crippen LogP contribution in [0.1, 0.15) is 45.5 Å². The fourth-order valence-electron chi connectivity index (χ4n) is 7.51. The Morgan fingerprint density at radius 2 is 1.63 bits per heavy atom. The maximum Gasteiger partial charge on any atom is 0.231 e. The Bertz CT molecular complexity index is 1840. The molecule has 4 aliphatic rings. The molecule has 0 saturated carbocycles. The van der Waals surface area contributed by atoms with Crippen molar-refractivity contribution in [3.05, 3.63) is 99.3 Å². The molecule has 9 heteroatoms. The van der Waals surface area contributed by atoms with Crippen LogP contribution >= 0.6 is 0 Å². The topological polar surface area (TPSA) is 81.7 Å². The minimum atomic E-state index is -0.400. The van der Waals surface area contributed by atoms with Gasteiger partial charge in [0.15, 0.2) is 34.5 Å². The van der Waals surface area contributed by atoms with Gasteiger partial charge in [-0.1, -0.05) is 18.2 Å². The highest BCUT2D eigenvalue weighted by Crippen LogP contribution is 2.53. The number of fused-ring (bicyclic) bond motifs is 7. The number of hydrogen-bond donors (Lipinski definition) is 0. The molecule has 0 N–H and O–H groups in total. The fraction of sp³-hybridized carbons (Fsp3) is 0.351. The highest BCUT2D eigenvalue weighted by molar-refractivity contribution is 5.64. The molecule has 0 aliphatic carbocycles. The zero-order valence-corrected chi connectivity index (χ0v) is 26.6. The van der Waals surface area contributed by atoms with Crippen molar-refractivity contribution >= 4 is 0 Å². The molecule has 4 aromatic rings. The summed E-state index contributed by atoms with van der Waals surface area (Å²) in [6.07, 6.45) is 2.74. The predicted octanol–water partition coefficient (Wildman–Crippen LogP) is 6.89. The monoisotopic (exact) mass is 622 g/mol. The molecule has 0 aromatic heterocycles. The third-order valence-corrected chi connectivity index (χ3v) is 10.0. The summed E-state index contributed by atoms with van der Waals surface area (Å²) < 4.78 is 36.7. The number of quaternary nitrogens is 1. The fourth-order valence-corrected chi connectivity index (χ4v) is 7.51. The Morgan fingerprint density at radius 1 is 0.804 bits per heavy atom. The van der Waals surface area contributed by atoms with Gasteiger partial charge in [-0.15, -0.1) is 0 Å². The van der Waals surface area contributed by atoms with E-state index in [-0.39, 0.29) is 18.9 Å². The van der Waals surface area contributed by atoms with Crippen molar-refractivity contribution in [1.82, 2.24) is 4.90 Å². The van der Waals surface area contributed by atoms with E-state index in [2.05, 4.69) is 30.1 Å². The number of nitrogens with zero attached hydrogens (tertiary/aromatic N) is 2. The zero-order chi connectivity index (χ0) is 31.6. The van der Waals surface area contributed by atoms with E-state index >= 15 is 0 Å². The van der Waals surface area contributed by atoms with Gasteiger partial charge in [-0.25, -0.2) is 0 Å². The first kappa shape index (κ1) is 29.0. The molecule has 238 valence electrons. The van der Waals surface area contributed by atoms with Crippen LogP contribution in [0.4, 0.5) is 0 Å². The summed E-state index contributed by atoms with van der Waals surface area (Å²) >= 11 is 0. The summed E-state index contributed by atoms with van der Waals surface area (Å²) in [7, 11) is 7.22. The van der Waals surface area contributed by atoms with Gasteiger partial charge >= 0.3 is 0 Å². The molecular weight excluding hydrogens is 584 g/mol. The van der Waals surface area contributed by atoms with Gasteiger partial charge in [-0.05, 0) is 84.6 Å². The lowest BCUT2D eigenvalue weighted by Gasteiger charge is -2.49. The van der Waals surface area contributed by atoms with Crippen LogP contribution < -0.4 is 28.4 Å². The average molecular weight is 623 g/mol. The van der Waals surface area contributed by atoms with Gasteiger partial charge in [0.2, 0.25) is 12.5 Å². The molecule has 0 amide bonds. The van der Waals surface area contributed by atoms with E-state index in [1.807, 2.05) is 42.5 Å². The smallest absolute Gasteiger partial charge is 0.231 e. The molecule has 0 saturated heterocycles. The number of ether oxygens (including phenoxy) is 6. The molecular formula is C37H38N2O7. The molecule has 0 spiro atoms. The van der Waals surface area contributed by atoms with Crippen LogP contribution in [0.15, 0.2) is 60.7 Å². The van der Waals surface area contributed by atoms with Crippen molar-refractivity contribution in [2.24, 2.45) is 0 Å². The molecule has 4 aliphatic heterocycles. The molecule has 0 radical (unpaired) electrons. The van der Waals surface area contributed by atoms with E-state index in [0.717, 1.165) is 53.0 Å². The molecule has 9 nitrogen and oxygen atoms in total. The van der Waals surface area contributed by atoms with Gasteiger partial charge in [0.05, 0.1) is 27.8 Å². The minimum absolute atomic E-state index is 0.00461. The van der Waals surface area contributed by atoms with Crippen molar-refractivity contribution in [2.45, 2.75) is 37.8 Å². The zero-order valence-electron chi connectivity index (χ0n) is 26.6. The van der Waals surface area contributed by atoms with Crippen LogP contribution in [0.2, 0.25) is 0 Å². The standard InChI is InChI=1S/C37H38N2O7/c1-38-12-10-25-19-34-36(44-21-43-34)37-35(25)28(38)15-22-6-5-7-26(14-22)45-32-17-23(8-9-30(32)41-3)16-29-27-20-33(46-37)31(42-4)18-24(27)11-13-39(29,2)40/h5-9,14,17-20,28-29H,10-13,15-16,21H2,1-4H3. The number of rotatable bonds is 2. The van der Waals surface area contributed by atoms with Crippen LogP contribution in [0.3, 0.4) is 0 Å². The lowest BCUT2D eigenvalue weighted by Crippen LogP contribution is -2.47. The maximum absolute atomic E-state index is 14.1. The van der Waals surface area contributed by atoms with Gasteiger partial charge in [0, 0.05) is 36.6 Å². The van der Waals surface area contributed by atoms with E-state index in [4.69, 9.17) is 28.4 Å². The van der Waals surface area contributed by atoms with Gasteiger partial charge in [0.1, 0.15) is 11.8 Å². The van der Waals surface area contributed by atoms with E-state index in [9.17, 15) is 5.21 Å². The number of likely N-dealkylation sites (N-methyl/N-ethyl adjacent to an activating group) is 2. The third-order valence-electron chi connectivity index (χ3n) is 10.0. The van der Waals surface area contributed by atoms with Gasteiger partial charge in [-0.3, -0.25) is 4.90 Å². The quantitative estimate of drug-likeness (QED) is 0.177. The van der Waals surface area contributed by atoms with E-state index in [1.54, 1.807) is 21.3 Å². The summed E-state index contributed by atoms with van der Waals surface area (Å²) in [4.78, 5) is 2.37. The lowest BCUT2D eigenvalue weighted by atomic mass is 9.87. The van der Waals surface area contributed by atoms with Gasteiger partial charge < -0.3 is 38.3 Å². The van der Waals surface area contributed by atoms with Crippen molar-refractivity contribution in [3.8, 4) is 46.0 Å². The Labute approximate surface area is 268 Å². The number of hydroxylamine groups is 3. The van der Waals surface area contributed by atoms with Crippen LogP contribution in [-0.2, 0) is 25.7 Å². The molecule has 4 aromatic carbocycles. The third kappa shape index (κ3) is 4.90.